The number of likely N-dealkylation sites (tertiary alicyclic amines) is 1. The first-order valence-corrected chi connectivity index (χ1v) is 7.45. The number of amides is 1. The summed E-state index contributed by atoms with van der Waals surface area (Å²) in [6, 6.07) is 3.05. The summed E-state index contributed by atoms with van der Waals surface area (Å²) < 4.78 is 30.3. The smallest absolute Gasteiger partial charge is 0.410 e. The van der Waals surface area contributed by atoms with E-state index >= 15 is 0 Å². The van der Waals surface area contributed by atoms with Crippen LogP contribution in [0.25, 0.3) is 0 Å². The number of hydrogen-bond donors (Lipinski definition) is 0. The Morgan fingerprint density at radius 1 is 1.45 bits per heavy atom. The zero-order chi connectivity index (χ0) is 16.3. The van der Waals surface area contributed by atoms with Crippen LogP contribution >= 0.6 is 0 Å². The molecule has 6 heteroatoms. The van der Waals surface area contributed by atoms with Gasteiger partial charge in [-0.05, 0) is 51.7 Å². The van der Waals surface area contributed by atoms with E-state index in [9.17, 15) is 13.6 Å². The molecule has 2 heterocycles. The van der Waals surface area contributed by atoms with Gasteiger partial charge in [-0.25, -0.2) is 13.6 Å². The van der Waals surface area contributed by atoms with E-state index < -0.39 is 12.0 Å². The molecule has 0 saturated carbocycles. The summed E-state index contributed by atoms with van der Waals surface area (Å²) in [5.41, 5.74) is 0.216. The molecule has 0 radical (unpaired) electrons. The Labute approximate surface area is 129 Å². The van der Waals surface area contributed by atoms with Crippen LogP contribution < -0.4 is 0 Å². The molecule has 2 rings (SSSR count). The molecule has 1 aliphatic rings. The van der Waals surface area contributed by atoms with Crippen LogP contribution in [0.15, 0.2) is 18.3 Å². The monoisotopic (exact) mass is 312 g/mol. The molecular weight excluding hydrogens is 290 g/mol. The molecule has 1 fully saturated rings. The summed E-state index contributed by atoms with van der Waals surface area (Å²) in [7, 11) is 0. The van der Waals surface area contributed by atoms with Crippen molar-refractivity contribution >= 4 is 6.09 Å². The Morgan fingerprint density at radius 3 is 2.73 bits per heavy atom. The lowest BCUT2D eigenvalue weighted by Gasteiger charge is -2.24. The third kappa shape index (κ3) is 4.64. The summed E-state index contributed by atoms with van der Waals surface area (Å²) in [4.78, 5) is 17.8. The highest BCUT2D eigenvalue weighted by Crippen LogP contribution is 2.23. The quantitative estimate of drug-likeness (QED) is 0.852. The van der Waals surface area contributed by atoms with E-state index in [2.05, 4.69) is 4.98 Å². The van der Waals surface area contributed by atoms with Crippen molar-refractivity contribution in [1.82, 2.24) is 9.88 Å². The predicted octanol–water partition coefficient (Wildman–Crippen LogP) is 3.82. The SMILES string of the molecule is CC(C)(C)OC(=O)N1CCC(Cc2ccc(C(F)F)cn2)C1. The Bertz CT molecular complexity index is 512. The van der Waals surface area contributed by atoms with Gasteiger partial charge in [0.2, 0.25) is 0 Å². The molecule has 22 heavy (non-hydrogen) atoms. The number of aromatic nitrogens is 1. The number of carbonyl (C=O) groups is 1. The van der Waals surface area contributed by atoms with Gasteiger partial charge in [0.05, 0.1) is 0 Å². The first-order valence-electron chi connectivity index (χ1n) is 7.45. The molecule has 122 valence electrons. The minimum absolute atomic E-state index is 0.0643. The molecular formula is C16H22F2N2O2. The van der Waals surface area contributed by atoms with Crippen molar-refractivity contribution in [3.63, 3.8) is 0 Å². The highest BCUT2D eigenvalue weighted by atomic mass is 19.3. The second-order valence-corrected chi connectivity index (χ2v) is 6.67. The summed E-state index contributed by atoms with van der Waals surface area (Å²) in [5, 5.41) is 0. The number of carbonyl (C=O) groups excluding carboxylic acids is 1. The Hall–Kier alpha value is -1.72. The highest BCUT2D eigenvalue weighted by molar-refractivity contribution is 5.68. The van der Waals surface area contributed by atoms with Crippen LogP contribution in [0.5, 0.6) is 0 Å². The predicted molar refractivity (Wildman–Crippen MR) is 78.8 cm³/mol. The molecule has 0 aliphatic carbocycles. The average molecular weight is 312 g/mol. The standard InChI is InChI=1S/C16H22F2N2O2/c1-16(2,3)22-15(21)20-7-6-11(10-20)8-13-5-4-12(9-19-13)14(17)18/h4-5,9,11,14H,6-8,10H2,1-3H3. The van der Waals surface area contributed by atoms with Gasteiger partial charge in [0.15, 0.2) is 0 Å². The molecule has 1 unspecified atom stereocenters. The number of hydrogen-bond acceptors (Lipinski definition) is 3. The fourth-order valence-corrected chi connectivity index (χ4v) is 2.47. The number of halogens is 2. The number of rotatable bonds is 3. The van der Waals surface area contributed by atoms with Crippen LogP contribution in [-0.4, -0.2) is 34.7 Å². The number of ether oxygens (including phenoxy) is 1. The van der Waals surface area contributed by atoms with Crippen molar-refractivity contribution in [3.05, 3.63) is 29.6 Å². The maximum absolute atomic E-state index is 12.5. The first kappa shape index (κ1) is 16.6. The first-order chi connectivity index (χ1) is 10.2. The van der Waals surface area contributed by atoms with Gasteiger partial charge in [0.25, 0.3) is 6.43 Å². The molecule has 0 aromatic carbocycles. The van der Waals surface area contributed by atoms with Gasteiger partial charge in [0, 0.05) is 30.5 Å². The van der Waals surface area contributed by atoms with Crippen LogP contribution in [0.3, 0.4) is 0 Å². The van der Waals surface area contributed by atoms with E-state index in [4.69, 9.17) is 4.74 Å². The Morgan fingerprint density at radius 2 is 2.18 bits per heavy atom. The van der Waals surface area contributed by atoms with E-state index in [0.29, 0.717) is 19.5 Å². The number of pyridine rings is 1. The van der Waals surface area contributed by atoms with E-state index in [1.807, 2.05) is 20.8 Å². The second-order valence-electron chi connectivity index (χ2n) is 6.67. The van der Waals surface area contributed by atoms with Gasteiger partial charge in [-0.15, -0.1) is 0 Å². The maximum atomic E-state index is 12.5. The zero-order valence-electron chi connectivity index (χ0n) is 13.2. The average Bonchev–Trinajstić information content (AvgIpc) is 2.86. The van der Waals surface area contributed by atoms with Crippen molar-refractivity contribution in [3.8, 4) is 0 Å². The van der Waals surface area contributed by atoms with Crippen LogP contribution in [0.4, 0.5) is 13.6 Å². The molecule has 1 aliphatic heterocycles. The van der Waals surface area contributed by atoms with Crippen LogP contribution in [0, 0.1) is 5.92 Å². The summed E-state index contributed by atoms with van der Waals surface area (Å²) in [5.74, 6) is 0.289. The topological polar surface area (TPSA) is 42.4 Å². The Kier molecular flexibility index (Phi) is 4.98. The van der Waals surface area contributed by atoms with Gasteiger partial charge in [-0.3, -0.25) is 4.98 Å². The summed E-state index contributed by atoms with van der Waals surface area (Å²) >= 11 is 0. The van der Waals surface area contributed by atoms with E-state index in [1.54, 1.807) is 11.0 Å². The van der Waals surface area contributed by atoms with Gasteiger partial charge in [-0.2, -0.15) is 0 Å². The highest BCUT2D eigenvalue weighted by Gasteiger charge is 2.29. The second kappa shape index (κ2) is 6.58. The molecule has 1 aromatic rings. The van der Waals surface area contributed by atoms with Crippen molar-refractivity contribution in [2.24, 2.45) is 5.92 Å². The van der Waals surface area contributed by atoms with Crippen molar-refractivity contribution < 1.29 is 18.3 Å². The fourth-order valence-electron chi connectivity index (χ4n) is 2.47. The molecule has 0 bridgehead atoms. The normalized spacial score (nSPS) is 18.8. The third-order valence-electron chi connectivity index (χ3n) is 3.53. The Balaban J connectivity index is 1.87. The van der Waals surface area contributed by atoms with Crippen molar-refractivity contribution in [1.29, 1.82) is 0 Å². The summed E-state index contributed by atoms with van der Waals surface area (Å²) in [6.45, 7) is 6.80. The third-order valence-corrected chi connectivity index (χ3v) is 3.53. The zero-order valence-corrected chi connectivity index (χ0v) is 13.2. The largest absolute Gasteiger partial charge is 0.444 e. The van der Waals surface area contributed by atoms with E-state index in [0.717, 1.165) is 12.1 Å². The van der Waals surface area contributed by atoms with Gasteiger partial charge in [0.1, 0.15) is 5.60 Å². The molecule has 1 amide bonds. The van der Waals surface area contributed by atoms with Gasteiger partial charge >= 0.3 is 6.09 Å². The maximum Gasteiger partial charge on any atom is 0.410 e. The molecule has 1 aromatic heterocycles. The van der Waals surface area contributed by atoms with Crippen molar-refractivity contribution in [2.75, 3.05) is 13.1 Å². The van der Waals surface area contributed by atoms with Crippen LogP contribution in [0.2, 0.25) is 0 Å². The molecule has 1 atom stereocenters. The van der Waals surface area contributed by atoms with Gasteiger partial charge < -0.3 is 9.64 Å². The minimum Gasteiger partial charge on any atom is -0.444 e. The fraction of sp³-hybridized carbons (Fsp3) is 0.625. The van der Waals surface area contributed by atoms with Crippen LogP contribution in [-0.2, 0) is 11.2 Å². The van der Waals surface area contributed by atoms with Crippen molar-refractivity contribution in [2.45, 2.75) is 45.6 Å². The molecule has 0 N–H and O–H groups in total. The number of alkyl halides is 2. The number of nitrogens with zero attached hydrogens (tertiary/aromatic N) is 2. The van der Waals surface area contributed by atoms with Gasteiger partial charge in [-0.1, -0.05) is 0 Å². The molecule has 4 nitrogen and oxygen atoms in total. The molecule has 1 saturated heterocycles. The lowest BCUT2D eigenvalue weighted by atomic mass is 10.0. The molecule has 0 spiro atoms. The summed E-state index contributed by atoms with van der Waals surface area (Å²) in [6.07, 6.45) is -0.00677. The lowest BCUT2D eigenvalue weighted by Crippen LogP contribution is -2.35. The van der Waals surface area contributed by atoms with E-state index in [1.165, 1.54) is 12.3 Å². The van der Waals surface area contributed by atoms with Crippen LogP contribution in [0.1, 0.15) is 44.9 Å². The van der Waals surface area contributed by atoms with E-state index in [-0.39, 0.29) is 17.6 Å². The minimum atomic E-state index is -2.49. The lowest BCUT2D eigenvalue weighted by molar-refractivity contribution is 0.0288.